The highest BCUT2D eigenvalue weighted by Gasteiger charge is 2.93. The van der Waals surface area contributed by atoms with Crippen molar-refractivity contribution in [1.82, 2.24) is 0 Å². The Bertz CT molecular complexity index is 3060. The zero-order valence-corrected chi connectivity index (χ0v) is 93.6. The number of hydrogen-bond donors (Lipinski definition) is 0. The molecule has 24 atom stereocenters. The maximum absolute atomic E-state index is 8.71. The van der Waals surface area contributed by atoms with E-state index in [-0.39, 0.29) is 48.8 Å². The molecular weight excluding hydrogens is 1860 g/mol. The van der Waals surface area contributed by atoms with Crippen molar-refractivity contribution >= 4 is 139 Å². The Morgan fingerprint density at radius 1 is 0.161 bits per heavy atom. The summed E-state index contributed by atoms with van der Waals surface area (Å²) in [6.07, 6.45) is 37.0. The van der Waals surface area contributed by atoms with Crippen LogP contribution >= 0.6 is 0 Å². The molecule has 22 aliphatic rings. The minimum atomic E-state index is -5.53. The van der Waals surface area contributed by atoms with Crippen molar-refractivity contribution in [3.05, 3.63) is 0 Å². The van der Waals surface area contributed by atoms with Gasteiger partial charge in [-0.2, -0.15) is 0 Å². The molecule has 8 saturated carbocycles. The molecule has 8 aliphatic carbocycles. The second-order valence-electron chi connectivity index (χ2n) is 47.6. The average molecular weight is 2010 g/mol. The molecule has 704 valence electrons. The van der Waals surface area contributed by atoms with Crippen molar-refractivity contribution in [2.24, 2.45) is 47.3 Å². The number of ether oxygens (including phenoxy) is 8. The standard InChI is InChI=1S/C80H152O28Si16/c1-109(2,41-33-57-17-25-65-73(49-57)81-65)89-117-97-118(90-110(3,4)42-34-58-18-26-66-74(50-58)82-66)100-121(93-113(9,10)45-37-61-21-29-69-77(53-61)85-69)102-119(98-117,91-111(5,6)43-35-59-19-27-67-75(51-59)83-67)104-123(95-115(13,14)47-39-63-23-31-71-79(55-63)87-71)105-120(99-117,92-112(7,8)44-36-60-20-28-68-76(52-60)84-68)103-122(101-118,94-114(11,12)46-38-62-22-30-70-78(54-62)86-70)107-124(106-121,108-123)96-116(15,16)48-40-64-24-32-72-80(56-64)88-72/h57-80H,17-56H2,1-16H3. The molecule has 124 heavy (non-hydrogen) atoms. The first-order valence-electron chi connectivity index (χ1n) is 49.8. The highest BCUT2D eigenvalue weighted by Crippen LogP contribution is 2.58. The van der Waals surface area contributed by atoms with Crippen molar-refractivity contribution in [3.8, 4) is 0 Å². The van der Waals surface area contributed by atoms with Gasteiger partial charge in [-0.05, 0) is 355 Å². The largest absolute Gasteiger partial charge is 0.651 e. The van der Waals surface area contributed by atoms with Gasteiger partial charge in [-0.15, -0.1) is 0 Å². The van der Waals surface area contributed by atoms with Crippen LogP contribution in [0.3, 0.4) is 0 Å². The molecule has 0 aromatic carbocycles. The lowest BCUT2D eigenvalue weighted by molar-refractivity contribution is -0.130. The quantitative estimate of drug-likeness (QED) is 0.0407. The molecule has 44 heteroatoms. The summed E-state index contributed by atoms with van der Waals surface area (Å²) in [5, 5.41) is 0. The van der Waals surface area contributed by atoms with Gasteiger partial charge in [0.25, 0.3) is 0 Å². The van der Waals surface area contributed by atoms with Gasteiger partial charge < -0.3 is 120 Å². The second kappa shape index (κ2) is 34.1. The van der Waals surface area contributed by atoms with E-state index >= 15 is 0 Å². The summed E-state index contributed by atoms with van der Waals surface area (Å²) >= 11 is 0. The lowest BCUT2D eigenvalue weighted by atomic mass is 9.88. The summed E-state index contributed by atoms with van der Waals surface area (Å²) in [4.78, 5) is 0. The molecule has 0 aromatic heterocycles. The van der Waals surface area contributed by atoms with Crippen molar-refractivity contribution in [1.29, 1.82) is 0 Å². The molecule has 8 bridgehead atoms. The van der Waals surface area contributed by atoms with Crippen LogP contribution in [0.25, 0.3) is 0 Å². The maximum Gasteiger partial charge on any atom is 0.651 e. The Balaban J connectivity index is 0.769. The van der Waals surface area contributed by atoms with Crippen LogP contribution in [0.1, 0.15) is 205 Å². The first-order valence-corrected chi connectivity index (χ1v) is 87.7. The molecule has 0 amide bonds. The number of rotatable bonds is 40. The van der Waals surface area contributed by atoms with E-state index in [1.54, 1.807) is 0 Å². The highest BCUT2D eigenvalue weighted by atomic mass is 28.7. The van der Waals surface area contributed by atoms with Crippen molar-refractivity contribution in [2.45, 2.75) is 456 Å². The predicted octanol–water partition coefficient (Wildman–Crippen LogP) is 17.2. The van der Waals surface area contributed by atoms with E-state index in [1.807, 2.05) is 0 Å². The van der Waals surface area contributed by atoms with Gasteiger partial charge in [-0.3, -0.25) is 0 Å². The van der Waals surface area contributed by atoms with Crippen LogP contribution < -0.4 is 0 Å². The Labute approximate surface area is 757 Å². The second-order valence-corrected chi connectivity index (χ2v) is 104. The molecular formula is C80H152O28Si16. The highest BCUT2D eigenvalue weighted by molar-refractivity contribution is 7.04. The Kier molecular flexibility index (Phi) is 25.5. The van der Waals surface area contributed by atoms with Crippen LogP contribution in [-0.2, 0) is 120 Å². The Hall–Kier alpha value is 2.35. The van der Waals surface area contributed by atoms with Gasteiger partial charge >= 0.3 is 72.4 Å². The summed E-state index contributed by atoms with van der Waals surface area (Å²) in [7, 11) is -70.8. The molecule has 28 nitrogen and oxygen atoms in total. The van der Waals surface area contributed by atoms with Crippen molar-refractivity contribution in [3.63, 3.8) is 0 Å². The van der Waals surface area contributed by atoms with E-state index in [2.05, 4.69) is 105 Å². The molecule has 0 radical (unpaired) electrons. The minimum absolute atomic E-state index is 0.285. The fraction of sp³-hybridized carbons (Fsp3) is 1.00. The van der Waals surface area contributed by atoms with Gasteiger partial charge in [0.1, 0.15) is 0 Å². The molecule has 24 unspecified atom stereocenters. The topological polar surface area (TPSA) is 285 Å². The summed E-state index contributed by atoms with van der Waals surface area (Å²) in [5.41, 5.74) is 0. The third-order valence-electron chi connectivity index (χ3n) is 32.3. The van der Waals surface area contributed by atoms with Crippen LogP contribution in [-0.4, -0.2) is 237 Å². The Morgan fingerprint density at radius 3 is 0.363 bits per heavy atom. The average Bonchev–Trinajstić information content (AvgIpc) is 1.37. The van der Waals surface area contributed by atoms with Gasteiger partial charge in [-0.1, -0.05) is 51.4 Å². The molecule has 0 N–H and O–H groups in total. The zero-order valence-electron chi connectivity index (χ0n) is 77.6. The monoisotopic (exact) mass is 2010 g/mol. The SMILES string of the molecule is C[Si](C)(CCC1CCC2OC2C1)O[Si]12O[Si]3(O[Si](C)(C)CCC4CCC5OC5C4)O[Si]4(O[Si](C)(C)CCC5CCC6OC6C5)O[Si](O[Si](C)(C)CCC5CCC6OC6C5)(O1)O[Si]1(O[Si](C)(C)CCC5CCC6OC6C5)O[Si](O[Si](C)(C)CCC5CCC6OC6C5)(O2)O[Si](O[Si](C)(C)CCC2CCC5OC5C2)(O3)O[Si](O[Si](C)(C)CCC2CCC3OC3C2)(O4)O1. The van der Waals surface area contributed by atoms with Crippen LogP contribution in [0.5, 0.6) is 0 Å². The molecule has 14 aliphatic heterocycles. The lowest BCUT2D eigenvalue weighted by Crippen LogP contribution is -2.93. The number of fused-ring (bicyclic) bond motifs is 8. The molecule has 14 saturated heterocycles. The summed E-state index contributed by atoms with van der Waals surface area (Å²) < 4.78 is 222. The summed E-state index contributed by atoms with van der Waals surface area (Å²) in [6, 6.07) is 5.53. The maximum atomic E-state index is 8.71. The third-order valence-corrected chi connectivity index (χ3v) is 94.0. The fourth-order valence-corrected chi connectivity index (χ4v) is 98.8. The predicted molar refractivity (Wildman–Crippen MR) is 491 cm³/mol. The van der Waals surface area contributed by atoms with Gasteiger partial charge in [0.15, 0.2) is 66.5 Å². The van der Waals surface area contributed by atoms with Crippen LogP contribution in [0, 0.1) is 47.3 Å². The van der Waals surface area contributed by atoms with Crippen molar-refractivity contribution < 1.29 is 120 Å². The number of epoxide rings is 8. The molecule has 0 aromatic rings. The minimum Gasteiger partial charge on any atom is -0.395 e. The first kappa shape index (κ1) is 92.7. The van der Waals surface area contributed by atoms with Crippen molar-refractivity contribution in [2.75, 3.05) is 0 Å². The van der Waals surface area contributed by atoms with E-state index in [1.165, 1.54) is 0 Å². The summed E-state index contributed by atoms with van der Waals surface area (Å²) in [5.74, 6) is 3.25. The van der Waals surface area contributed by atoms with Gasteiger partial charge in [0.2, 0.25) is 0 Å². The lowest BCUT2D eigenvalue weighted by Gasteiger charge is -2.61. The van der Waals surface area contributed by atoms with E-state index < -0.39 is 139 Å². The van der Waals surface area contributed by atoms with E-state index in [4.69, 9.17) is 120 Å². The number of hydrogen-bond acceptors (Lipinski definition) is 28. The van der Waals surface area contributed by atoms with E-state index in [0.717, 1.165) is 205 Å². The first-order chi connectivity index (χ1) is 58.5. The van der Waals surface area contributed by atoms with E-state index in [9.17, 15) is 0 Å². The third kappa shape index (κ3) is 22.4. The molecule has 22 fully saturated rings. The smallest absolute Gasteiger partial charge is 0.395 e. The van der Waals surface area contributed by atoms with Crippen LogP contribution in [0.15, 0.2) is 0 Å². The summed E-state index contributed by atoms with van der Waals surface area (Å²) in [6.45, 7) is 36.1. The van der Waals surface area contributed by atoms with Gasteiger partial charge in [0, 0.05) is 0 Å². The van der Waals surface area contributed by atoms with E-state index in [0.29, 0.717) is 145 Å². The molecule has 22 rings (SSSR count). The van der Waals surface area contributed by atoms with Crippen LogP contribution in [0.2, 0.25) is 153 Å². The Morgan fingerprint density at radius 2 is 0.266 bits per heavy atom. The normalized spacial score (nSPS) is 47.6. The molecule has 0 spiro atoms. The molecule has 14 heterocycles. The fourth-order valence-electron chi connectivity index (χ4n) is 24.4. The van der Waals surface area contributed by atoms with Gasteiger partial charge in [0.05, 0.1) is 97.7 Å². The van der Waals surface area contributed by atoms with Gasteiger partial charge in [-0.25, -0.2) is 0 Å². The van der Waals surface area contributed by atoms with Crippen LogP contribution in [0.4, 0.5) is 0 Å². The zero-order chi connectivity index (χ0) is 85.9.